The maximum Gasteiger partial charge on any atom is 0.408 e. The van der Waals surface area contributed by atoms with E-state index >= 15 is 0 Å². The molecule has 3 heterocycles. The largest absolute Gasteiger partial charge is 0.474 e. The highest BCUT2D eigenvalue weighted by atomic mass is 35.5. The van der Waals surface area contributed by atoms with E-state index in [2.05, 4.69) is 30.4 Å². The third-order valence-corrected chi connectivity index (χ3v) is 7.29. The van der Waals surface area contributed by atoms with Crippen molar-refractivity contribution >= 4 is 23.6 Å². The summed E-state index contributed by atoms with van der Waals surface area (Å²) < 4.78 is 13.5. The van der Waals surface area contributed by atoms with Crippen LogP contribution in [0.4, 0.5) is 4.79 Å². The normalized spacial score (nSPS) is 20.4. The van der Waals surface area contributed by atoms with E-state index in [4.69, 9.17) is 21.1 Å². The summed E-state index contributed by atoms with van der Waals surface area (Å²) in [6, 6.07) is 11.2. The van der Waals surface area contributed by atoms with Gasteiger partial charge in [0.1, 0.15) is 29.9 Å². The molecule has 2 aliphatic rings. The maximum atomic E-state index is 12.7. The minimum absolute atomic E-state index is 0.123. The number of halogens is 1. The van der Waals surface area contributed by atoms with Crippen molar-refractivity contribution < 1.29 is 19.1 Å². The molecule has 11 heteroatoms. The molecule has 3 aromatic rings. The zero-order chi connectivity index (χ0) is 28.3. The molecule has 0 radical (unpaired) electrons. The Kier molecular flexibility index (Phi) is 8.25. The summed E-state index contributed by atoms with van der Waals surface area (Å²) in [5, 5.41) is 15.4. The molecule has 1 aromatic carbocycles. The first-order valence-electron chi connectivity index (χ1n) is 13.7. The van der Waals surface area contributed by atoms with Crippen LogP contribution in [0.2, 0.25) is 5.02 Å². The van der Waals surface area contributed by atoms with E-state index in [0.29, 0.717) is 23.7 Å². The van der Waals surface area contributed by atoms with Gasteiger partial charge in [0, 0.05) is 35.7 Å². The summed E-state index contributed by atoms with van der Waals surface area (Å²) in [6.45, 7) is 5.13. The number of pyridine rings is 1. The molecule has 1 saturated carbocycles. The van der Waals surface area contributed by atoms with Crippen molar-refractivity contribution in [1.82, 2.24) is 30.4 Å². The van der Waals surface area contributed by atoms with E-state index in [-0.39, 0.29) is 30.5 Å². The van der Waals surface area contributed by atoms with Crippen LogP contribution in [0.15, 0.2) is 42.6 Å². The Hall–Kier alpha value is -3.66. The Bertz CT molecular complexity index is 1350. The van der Waals surface area contributed by atoms with Gasteiger partial charge in [0.2, 0.25) is 11.8 Å². The van der Waals surface area contributed by atoms with Crippen LogP contribution < -0.4 is 15.4 Å². The zero-order valence-corrected chi connectivity index (χ0v) is 23.8. The van der Waals surface area contributed by atoms with E-state index in [9.17, 15) is 9.59 Å². The number of rotatable bonds is 6. The van der Waals surface area contributed by atoms with Crippen LogP contribution >= 0.6 is 11.6 Å². The van der Waals surface area contributed by atoms with Gasteiger partial charge < -0.3 is 20.1 Å². The molecule has 0 saturated heterocycles. The number of carbonyl (C=O) groups is 2. The fourth-order valence-corrected chi connectivity index (χ4v) is 5.55. The molecule has 1 atom stereocenters. The Balaban J connectivity index is 1.29. The zero-order valence-electron chi connectivity index (χ0n) is 23.0. The third kappa shape index (κ3) is 6.91. The molecule has 2 N–H and O–H groups in total. The maximum absolute atomic E-state index is 12.7. The molecule has 212 valence electrons. The number of amides is 2. The van der Waals surface area contributed by atoms with Crippen molar-refractivity contribution in [3.63, 3.8) is 0 Å². The van der Waals surface area contributed by atoms with Crippen LogP contribution in [0.1, 0.15) is 69.6 Å². The second kappa shape index (κ2) is 11.8. The third-order valence-electron chi connectivity index (χ3n) is 7.05. The summed E-state index contributed by atoms with van der Waals surface area (Å²) >= 11 is 6.38. The van der Waals surface area contributed by atoms with Crippen LogP contribution in [0.3, 0.4) is 0 Å². The van der Waals surface area contributed by atoms with Crippen molar-refractivity contribution in [1.29, 1.82) is 0 Å². The Morgan fingerprint density at radius 2 is 1.88 bits per heavy atom. The first kappa shape index (κ1) is 27.9. The summed E-state index contributed by atoms with van der Waals surface area (Å²) in [6.07, 6.45) is 5.95. The van der Waals surface area contributed by atoms with Crippen molar-refractivity contribution in [3.8, 4) is 11.6 Å². The number of fused-ring (bicyclic) bond motifs is 3. The van der Waals surface area contributed by atoms with Gasteiger partial charge in [-0.15, -0.1) is 10.2 Å². The summed E-state index contributed by atoms with van der Waals surface area (Å²) in [7, 11) is 0. The predicted molar refractivity (Wildman–Crippen MR) is 150 cm³/mol. The number of ether oxygens (including phenoxy) is 2. The SMILES string of the molecule is CC(C)(C)OC(=O)NCC(=O)N[C@H]1Cc2cc(Cl)ccc2-n2c(nnc2C2CCC(Oc3ccccn3)CC2)C1. The van der Waals surface area contributed by atoms with Crippen LogP contribution in [-0.2, 0) is 22.4 Å². The van der Waals surface area contributed by atoms with Crippen molar-refractivity contribution in [2.45, 2.75) is 83.0 Å². The van der Waals surface area contributed by atoms with Crippen molar-refractivity contribution in [2.75, 3.05) is 6.54 Å². The molecule has 1 aliphatic heterocycles. The molecular weight excluding hydrogens is 532 g/mol. The van der Waals surface area contributed by atoms with Gasteiger partial charge in [0.15, 0.2) is 0 Å². The molecular formula is C29H35ClN6O4. The minimum atomic E-state index is -0.641. The standard InChI is InChI=1S/C29H35ClN6O4/c1-29(2,3)40-28(38)32-17-25(37)33-21-15-19-14-20(30)9-12-23(19)36-24(16-21)34-35-27(36)18-7-10-22(11-8-18)39-26-6-4-5-13-31-26/h4-6,9,12-14,18,21-22H,7-8,10-11,15-17H2,1-3H3,(H,32,38)(H,33,37)/t18?,21-,22?/m0/s1. The lowest BCUT2D eigenvalue weighted by Crippen LogP contribution is -2.44. The number of hydrogen-bond acceptors (Lipinski definition) is 7. The Labute approximate surface area is 238 Å². The van der Waals surface area contributed by atoms with E-state index in [1.54, 1.807) is 27.0 Å². The van der Waals surface area contributed by atoms with Crippen molar-refractivity contribution in [2.24, 2.45) is 0 Å². The van der Waals surface area contributed by atoms with E-state index in [1.807, 2.05) is 36.4 Å². The predicted octanol–water partition coefficient (Wildman–Crippen LogP) is 4.53. The number of alkyl carbamates (subject to hydrolysis) is 1. The second-order valence-electron chi connectivity index (χ2n) is 11.4. The van der Waals surface area contributed by atoms with Gasteiger partial charge >= 0.3 is 6.09 Å². The van der Waals surface area contributed by atoms with Crippen LogP contribution in [0.25, 0.3) is 5.69 Å². The molecule has 1 fully saturated rings. The smallest absolute Gasteiger partial charge is 0.408 e. The molecule has 0 spiro atoms. The number of benzene rings is 1. The van der Waals surface area contributed by atoms with E-state index in [0.717, 1.165) is 48.6 Å². The van der Waals surface area contributed by atoms with Gasteiger partial charge in [-0.05, 0) is 82.7 Å². The summed E-state index contributed by atoms with van der Waals surface area (Å²) in [5.74, 6) is 2.29. The van der Waals surface area contributed by atoms with Gasteiger partial charge in [-0.2, -0.15) is 0 Å². The summed E-state index contributed by atoms with van der Waals surface area (Å²) in [4.78, 5) is 29.0. The minimum Gasteiger partial charge on any atom is -0.474 e. The molecule has 0 bridgehead atoms. The van der Waals surface area contributed by atoms with Crippen LogP contribution in [0, 0.1) is 0 Å². The van der Waals surface area contributed by atoms with Crippen LogP contribution in [0.5, 0.6) is 5.88 Å². The molecule has 2 aromatic heterocycles. The lowest BCUT2D eigenvalue weighted by Gasteiger charge is -2.28. The fourth-order valence-electron chi connectivity index (χ4n) is 5.36. The first-order chi connectivity index (χ1) is 19.1. The molecule has 1 aliphatic carbocycles. The quantitative estimate of drug-likeness (QED) is 0.450. The highest BCUT2D eigenvalue weighted by molar-refractivity contribution is 6.30. The van der Waals surface area contributed by atoms with Crippen LogP contribution in [-0.4, -0.2) is 56.0 Å². The van der Waals surface area contributed by atoms with Gasteiger partial charge in [-0.25, -0.2) is 9.78 Å². The van der Waals surface area contributed by atoms with Crippen molar-refractivity contribution in [3.05, 3.63) is 64.8 Å². The van der Waals surface area contributed by atoms with E-state index in [1.165, 1.54) is 0 Å². The topological polar surface area (TPSA) is 120 Å². The molecule has 10 nitrogen and oxygen atoms in total. The number of nitrogens with zero attached hydrogens (tertiary/aromatic N) is 4. The first-order valence-corrected chi connectivity index (χ1v) is 14.1. The lowest BCUT2D eigenvalue weighted by molar-refractivity contribution is -0.121. The summed E-state index contributed by atoms with van der Waals surface area (Å²) in [5.41, 5.74) is 1.34. The number of carbonyl (C=O) groups excluding carboxylic acids is 2. The fraction of sp³-hybridized carbons (Fsp3) is 0.483. The van der Waals surface area contributed by atoms with Gasteiger partial charge in [0.05, 0.1) is 5.69 Å². The highest BCUT2D eigenvalue weighted by Gasteiger charge is 2.32. The second-order valence-corrected chi connectivity index (χ2v) is 11.8. The molecule has 5 rings (SSSR count). The highest BCUT2D eigenvalue weighted by Crippen LogP contribution is 2.37. The Morgan fingerprint density at radius 1 is 1.07 bits per heavy atom. The van der Waals surface area contributed by atoms with E-state index < -0.39 is 11.7 Å². The Morgan fingerprint density at radius 3 is 2.60 bits per heavy atom. The average molecular weight is 567 g/mol. The number of hydrogen-bond donors (Lipinski definition) is 2. The monoisotopic (exact) mass is 566 g/mol. The van der Waals surface area contributed by atoms with Gasteiger partial charge in [-0.3, -0.25) is 9.36 Å². The average Bonchev–Trinajstić information content (AvgIpc) is 3.24. The lowest BCUT2D eigenvalue weighted by atomic mass is 9.86. The van der Waals surface area contributed by atoms with Gasteiger partial charge in [0.25, 0.3) is 0 Å². The number of nitrogens with one attached hydrogen (secondary N) is 2. The molecule has 2 amide bonds. The molecule has 0 unspecified atom stereocenters. The van der Waals surface area contributed by atoms with Gasteiger partial charge in [-0.1, -0.05) is 17.7 Å². The molecule has 40 heavy (non-hydrogen) atoms. The number of aromatic nitrogens is 4.